The number of carbonyl (C=O) groups excluding carboxylic acids is 1. The van der Waals surface area contributed by atoms with E-state index in [4.69, 9.17) is 24.8 Å². The van der Waals surface area contributed by atoms with Crippen molar-refractivity contribution in [3.63, 3.8) is 0 Å². The molecule has 0 heterocycles. The molecule has 11 heteroatoms. The molecule has 0 aliphatic carbocycles. The summed E-state index contributed by atoms with van der Waals surface area (Å²) in [5.74, 6) is -1.85. The van der Waals surface area contributed by atoms with Gasteiger partial charge in [0.25, 0.3) is 0 Å². The Balaban J connectivity index is 4.43. The highest BCUT2D eigenvalue weighted by Crippen LogP contribution is 2.43. The van der Waals surface area contributed by atoms with Crippen LogP contribution in [0, 0.1) is 0 Å². The quantitative estimate of drug-likeness (QED) is 0.0184. The van der Waals surface area contributed by atoms with Crippen molar-refractivity contribution in [3.8, 4) is 0 Å². The SMILES string of the molecule is CCCCC/C=C\C/C=C\C/C=C\CCCCC(=O)O[C@H](CO/C=C\CCCCCCCCCCCCCC)COP(=O)(O)OC[C@H](N)C(=O)O. The molecule has 4 N–H and O–H groups in total. The highest BCUT2D eigenvalue weighted by Gasteiger charge is 2.27. The Morgan fingerprint density at radius 2 is 1.08 bits per heavy atom. The predicted molar refractivity (Wildman–Crippen MR) is 207 cm³/mol. The average molecular weight is 742 g/mol. The third-order valence-electron chi connectivity index (χ3n) is 8.18. The molecule has 0 radical (unpaired) electrons. The van der Waals surface area contributed by atoms with Crippen LogP contribution in [0.4, 0.5) is 0 Å². The Kier molecular flexibility index (Phi) is 34.6. The smallest absolute Gasteiger partial charge is 0.472 e. The van der Waals surface area contributed by atoms with Gasteiger partial charge in [-0.2, -0.15) is 0 Å². The summed E-state index contributed by atoms with van der Waals surface area (Å²) in [6.45, 7) is 3.19. The van der Waals surface area contributed by atoms with Crippen molar-refractivity contribution < 1.29 is 42.7 Å². The summed E-state index contributed by atoms with van der Waals surface area (Å²) in [6.07, 6.45) is 41.1. The zero-order valence-electron chi connectivity index (χ0n) is 31.9. The van der Waals surface area contributed by atoms with Crippen molar-refractivity contribution in [1.82, 2.24) is 0 Å². The Morgan fingerprint density at radius 1 is 0.627 bits per heavy atom. The van der Waals surface area contributed by atoms with E-state index in [-0.39, 0.29) is 13.0 Å². The molecule has 0 aliphatic rings. The van der Waals surface area contributed by atoms with Crippen LogP contribution in [0.15, 0.2) is 48.8 Å². The number of nitrogens with two attached hydrogens (primary N) is 1. The van der Waals surface area contributed by atoms with Crippen LogP contribution in [0.5, 0.6) is 0 Å². The zero-order chi connectivity index (χ0) is 37.7. The monoisotopic (exact) mass is 741 g/mol. The standard InChI is InChI=1S/C40H72NO9P/c1-3-5-7-9-11-13-15-17-19-20-22-24-26-28-30-32-39(42)50-37(35-48-51(45,46)49-36-38(41)40(43)44)34-47-33-31-29-27-25-23-21-18-16-14-12-10-8-6-4-2/h11,13,17,19,22,24,31,33,37-38H,3-10,12,14-16,18,20-21,23,25-30,32,34-36,41H2,1-2H3,(H,43,44)(H,45,46)/b13-11-,19-17-,24-22-,33-31-/t37-,38+/m1/s1. The number of esters is 1. The van der Waals surface area contributed by atoms with Crippen LogP contribution in [0.2, 0.25) is 0 Å². The number of carboxylic acids is 1. The van der Waals surface area contributed by atoms with Crippen molar-refractivity contribution in [3.05, 3.63) is 48.8 Å². The van der Waals surface area contributed by atoms with Crippen molar-refractivity contribution >= 4 is 19.8 Å². The maximum Gasteiger partial charge on any atom is 0.472 e. The minimum Gasteiger partial charge on any atom is -0.498 e. The zero-order valence-corrected chi connectivity index (χ0v) is 32.8. The highest BCUT2D eigenvalue weighted by molar-refractivity contribution is 7.47. The largest absolute Gasteiger partial charge is 0.498 e. The number of hydrogen-bond donors (Lipinski definition) is 3. The van der Waals surface area contributed by atoms with E-state index in [1.54, 1.807) is 6.26 Å². The normalized spacial score (nSPS) is 14.5. The number of phosphoric acid groups is 1. The molecule has 0 rings (SSSR count). The minimum absolute atomic E-state index is 0.0831. The number of phosphoric ester groups is 1. The van der Waals surface area contributed by atoms with Gasteiger partial charge in [0.1, 0.15) is 12.6 Å². The number of carbonyl (C=O) groups is 2. The summed E-state index contributed by atoms with van der Waals surface area (Å²) >= 11 is 0. The first-order valence-corrected chi connectivity index (χ1v) is 21.2. The molecule has 0 saturated heterocycles. The maximum atomic E-state index is 12.5. The van der Waals surface area contributed by atoms with Crippen LogP contribution >= 0.6 is 7.82 Å². The molecule has 10 nitrogen and oxygen atoms in total. The molecule has 0 amide bonds. The van der Waals surface area contributed by atoms with E-state index < -0.39 is 45.1 Å². The fourth-order valence-corrected chi connectivity index (χ4v) is 5.82. The van der Waals surface area contributed by atoms with E-state index in [0.717, 1.165) is 51.4 Å². The molecule has 0 bridgehead atoms. The third-order valence-corrected chi connectivity index (χ3v) is 9.13. The van der Waals surface area contributed by atoms with E-state index in [0.29, 0.717) is 6.42 Å². The van der Waals surface area contributed by atoms with Crippen molar-refractivity contribution in [1.29, 1.82) is 0 Å². The lowest BCUT2D eigenvalue weighted by atomic mass is 10.0. The molecular weight excluding hydrogens is 669 g/mol. The van der Waals surface area contributed by atoms with Crippen molar-refractivity contribution in [2.75, 3.05) is 19.8 Å². The number of allylic oxidation sites excluding steroid dienone is 7. The Hall–Kier alpha value is -2.23. The van der Waals surface area contributed by atoms with Crippen molar-refractivity contribution in [2.45, 2.75) is 174 Å². The second-order valence-corrected chi connectivity index (χ2v) is 14.6. The molecule has 0 spiro atoms. The molecule has 0 aromatic rings. The number of unbranched alkanes of at least 4 members (excludes halogenated alkanes) is 17. The molecule has 3 atom stereocenters. The Morgan fingerprint density at radius 3 is 1.65 bits per heavy atom. The van der Waals surface area contributed by atoms with Gasteiger partial charge in [-0.1, -0.05) is 134 Å². The van der Waals surface area contributed by atoms with Crippen LogP contribution < -0.4 is 5.73 Å². The van der Waals surface area contributed by atoms with E-state index in [1.165, 1.54) is 83.5 Å². The number of aliphatic carboxylic acids is 1. The first-order valence-electron chi connectivity index (χ1n) is 19.7. The molecule has 0 fully saturated rings. The topological polar surface area (TPSA) is 155 Å². The molecule has 0 aliphatic heterocycles. The third kappa shape index (κ3) is 35.9. The fraction of sp³-hybridized carbons (Fsp3) is 0.750. The van der Waals surface area contributed by atoms with Gasteiger partial charge in [-0.05, 0) is 63.9 Å². The summed E-state index contributed by atoms with van der Waals surface area (Å²) in [6, 6.07) is -1.49. The van der Waals surface area contributed by atoms with Crippen LogP contribution in [-0.2, 0) is 32.7 Å². The van der Waals surface area contributed by atoms with E-state index in [9.17, 15) is 19.0 Å². The predicted octanol–water partition coefficient (Wildman–Crippen LogP) is 10.7. The maximum absolute atomic E-state index is 12.5. The highest BCUT2D eigenvalue weighted by atomic mass is 31.2. The lowest BCUT2D eigenvalue weighted by Gasteiger charge is -2.20. The van der Waals surface area contributed by atoms with Gasteiger partial charge in [0, 0.05) is 6.42 Å². The first-order chi connectivity index (χ1) is 24.7. The molecule has 0 saturated carbocycles. The van der Waals surface area contributed by atoms with Gasteiger partial charge in [-0.25, -0.2) is 4.57 Å². The summed E-state index contributed by atoms with van der Waals surface area (Å²) < 4.78 is 32.9. The number of hydrogen-bond acceptors (Lipinski definition) is 8. The van der Waals surface area contributed by atoms with Crippen LogP contribution in [0.25, 0.3) is 0 Å². The van der Waals surface area contributed by atoms with Crippen molar-refractivity contribution in [2.24, 2.45) is 5.73 Å². The molecule has 296 valence electrons. The van der Waals surface area contributed by atoms with Gasteiger partial charge in [0.15, 0.2) is 6.10 Å². The number of rotatable bonds is 37. The molecule has 1 unspecified atom stereocenters. The van der Waals surface area contributed by atoms with E-state index in [1.807, 2.05) is 6.08 Å². The lowest BCUT2D eigenvalue weighted by molar-refractivity contribution is -0.153. The summed E-state index contributed by atoms with van der Waals surface area (Å²) in [5.41, 5.74) is 5.33. The number of carboxylic acid groups (broad SMARTS) is 1. The van der Waals surface area contributed by atoms with E-state index in [2.05, 4.69) is 54.8 Å². The van der Waals surface area contributed by atoms with Crippen LogP contribution in [0.1, 0.15) is 162 Å². The molecule has 0 aromatic carbocycles. The van der Waals surface area contributed by atoms with Gasteiger partial charge in [-0.3, -0.25) is 18.6 Å². The summed E-state index contributed by atoms with van der Waals surface area (Å²) in [7, 11) is -4.64. The summed E-state index contributed by atoms with van der Waals surface area (Å²) in [5, 5.41) is 8.86. The van der Waals surface area contributed by atoms with Crippen LogP contribution in [-0.4, -0.2) is 53.9 Å². The van der Waals surface area contributed by atoms with Gasteiger partial charge >= 0.3 is 19.8 Å². The average Bonchev–Trinajstić information content (AvgIpc) is 3.10. The second-order valence-electron chi connectivity index (χ2n) is 13.1. The number of ether oxygens (including phenoxy) is 2. The van der Waals surface area contributed by atoms with Gasteiger partial charge in [-0.15, -0.1) is 0 Å². The Labute approximate surface area is 309 Å². The Bertz CT molecular complexity index is 998. The molecular formula is C40H72NO9P. The lowest BCUT2D eigenvalue weighted by Crippen LogP contribution is -2.34. The van der Waals surface area contributed by atoms with Crippen LogP contribution in [0.3, 0.4) is 0 Å². The summed E-state index contributed by atoms with van der Waals surface area (Å²) in [4.78, 5) is 33.4. The minimum atomic E-state index is -4.64. The van der Waals surface area contributed by atoms with Gasteiger partial charge < -0.3 is 25.2 Å². The second kappa shape index (κ2) is 36.1. The fourth-order valence-electron chi connectivity index (χ4n) is 5.04. The van der Waals surface area contributed by atoms with Gasteiger partial charge in [0.05, 0.1) is 19.5 Å². The molecule has 0 aromatic heterocycles. The molecule has 51 heavy (non-hydrogen) atoms. The van der Waals surface area contributed by atoms with E-state index >= 15 is 0 Å². The first kappa shape index (κ1) is 48.8. The van der Waals surface area contributed by atoms with Gasteiger partial charge in [0.2, 0.25) is 0 Å².